The van der Waals surface area contributed by atoms with E-state index in [0.29, 0.717) is 30.7 Å². The molecule has 0 bridgehead atoms. The van der Waals surface area contributed by atoms with Crippen LogP contribution in [0.4, 0.5) is 24.7 Å². The first kappa shape index (κ1) is 22.5. The number of alkyl halides is 3. The SMILES string of the molecule is CCS(=O)(=O)c1cc(C2(C#N)CC2)cnc1C(=O)Nc1cc(C(F)(F)F)cnc1NC. The van der Waals surface area contributed by atoms with Crippen molar-refractivity contribution in [3.05, 3.63) is 41.3 Å². The Morgan fingerprint density at radius 2 is 1.94 bits per heavy atom. The summed E-state index contributed by atoms with van der Waals surface area (Å²) in [5.74, 6) is -1.39. The number of hydrogen-bond acceptors (Lipinski definition) is 7. The number of anilines is 2. The highest BCUT2D eigenvalue weighted by Crippen LogP contribution is 2.47. The number of carbonyl (C=O) groups excluding carboxylic acids is 1. The van der Waals surface area contributed by atoms with Gasteiger partial charge in [-0.2, -0.15) is 18.4 Å². The van der Waals surface area contributed by atoms with Crippen molar-refractivity contribution in [3.63, 3.8) is 0 Å². The first-order valence-electron chi connectivity index (χ1n) is 9.18. The van der Waals surface area contributed by atoms with Crippen molar-refractivity contribution in [2.75, 3.05) is 23.4 Å². The third-order valence-corrected chi connectivity index (χ3v) is 6.74. The molecule has 0 radical (unpaired) electrons. The van der Waals surface area contributed by atoms with Gasteiger partial charge in [0, 0.05) is 19.4 Å². The minimum Gasteiger partial charge on any atom is -0.371 e. The minimum absolute atomic E-state index is 0.0423. The van der Waals surface area contributed by atoms with Crippen molar-refractivity contribution in [2.24, 2.45) is 0 Å². The van der Waals surface area contributed by atoms with Gasteiger partial charge in [-0.25, -0.2) is 18.4 Å². The minimum atomic E-state index is -4.69. The lowest BCUT2D eigenvalue weighted by Gasteiger charge is -2.15. The van der Waals surface area contributed by atoms with Crippen molar-refractivity contribution in [2.45, 2.75) is 36.3 Å². The molecule has 2 N–H and O–H groups in total. The summed E-state index contributed by atoms with van der Waals surface area (Å²) < 4.78 is 64.3. The van der Waals surface area contributed by atoms with Crippen LogP contribution in [0.25, 0.3) is 0 Å². The molecule has 1 aliphatic carbocycles. The number of halogens is 3. The zero-order valence-corrected chi connectivity index (χ0v) is 17.4. The van der Waals surface area contributed by atoms with Gasteiger partial charge >= 0.3 is 6.18 Å². The second-order valence-electron chi connectivity index (χ2n) is 6.99. The van der Waals surface area contributed by atoms with Gasteiger partial charge in [0.2, 0.25) is 0 Å². The van der Waals surface area contributed by atoms with Crippen LogP contribution in [-0.4, -0.2) is 37.1 Å². The number of sulfone groups is 1. The molecule has 3 rings (SSSR count). The lowest BCUT2D eigenvalue weighted by molar-refractivity contribution is -0.137. The Hall–Kier alpha value is -3.20. The first-order valence-corrected chi connectivity index (χ1v) is 10.8. The average molecular weight is 453 g/mol. The lowest BCUT2D eigenvalue weighted by atomic mass is 9.99. The molecule has 8 nitrogen and oxygen atoms in total. The molecule has 12 heteroatoms. The highest BCUT2D eigenvalue weighted by atomic mass is 32.2. The zero-order valence-electron chi connectivity index (χ0n) is 16.5. The van der Waals surface area contributed by atoms with Gasteiger partial charge in [-0.3, -0.25) is 4.79 Å². The molecule has 1 amide bonds. The summed E-state index contributed by atoms with van der Waals surface area (Å²) in [5, 5.41) is 14.2. The Bertz CT molecular complexity index is 1190. The van der Waals surface area contributed by atoms with Crippen molar-refractivity contribution in [3.8, 4) is 6.07 Å². The van der Waals surface area contributed by atoms with Crippen LogP contribution in [0.5, 0.6) is 0 Å². The number of carbonyl (C=O) groups is 1. The van der Waals surface area contributed by atoms with E-state index in [0.717, 1.165) is 0 Å². The van der Waals surface area contributed by atoms with E-state index in [1.54, 1.807) is 0 Å². The molecule has 0 aromatic carbocycles. The summed E-state index contributed by atoms with van der Waals surface area (Å²) in [4.78, 5) is 20.1. The molecule has 164 valence electrons. The topological polar surface area (TPSA) is 125 Å². The van der Waals surface area contributed by atoms with Crippen LogP contribution in [0.1, 0.15) is 41.4 Å². The molecule has 0 unspecified atom stereocenters. The molecule has 0 spiro atoms. The maximum atomic E-state index is 13.0. The van der Waals surface area contributed by atoms with E-state index >= 15 is 0 Å². The molecule has 0 saturated heterocycles. The van der Waals surface area contributed by atoms with Crippen LogP contribution in [0.15, 0.2) is 29.4 Å². The number of hydrogen-bond donors (Lipinski definition) is 2. The molecule has 31 heavy (non-hydrogen) atoms. The van der Waals surface area contributed by atoms with E-state index in [9.17, 15) is 31.6 Å². The van der Waals surface area contributed by atoms with E-state index in [1.165, 1.54) is 26.2 Å². The second-order valence-corrected chi connectivity index (χ2v) is 9.24. The Labute approximate surface area is 176 Å². The first-order chi connectivity index (χ1) is 14.5. The molecule has 2 aromatic rings. The molecule has 0 aliphatic heterocycles. The Balaban J connectivity index is 2.05. The molecule has 0 atom stereocenters. The third-order valence-electron chi connectivity index (χ3n) is 5.00. The maximum absolute atomic E-state index is 13.0. The fourth-order valence-electron chi connectivity index (χ4n) is 2.96. The molecule has 1 aliphatic rings. The number of pyridine rings is 2. The van der Waals surface area contributed by atoms with Gasteiger partial charge in [0.25, 0.3) is 5.91 Å². The van der Waals surface area contributed by atoms with E-state index in [4.69, 9.17) is 0 Å². The molecule has 1 saturated carbocycles. The van der Waals surface area contributed by atoms with Gasteiger partial charge in [0.15, 0.2) is 9.84 Å². The van der Waals surface area contributed by atoms with E-state index in [1.807, 2.05) is 0 Å². The second kappa shape index (κ2) is 7.81. The summed E-state index contributed by atoms with van der Waals surface area (Å²) in [5.41, 5.74) is -2.29. The monoisotopic (exact) mass is 453 g/mol. The molecule has 1 fully saturated rings. The van der Waals surface area contributed by atoms with Gasteiger partial charge in [0.1, 0.15) is 11.5 Å². The number of nitriles is 1. The van der Waals surface area contributed by atoms with Crippen molar-refractivity contribution in [1.29, 1.82) is 5.26 Å². The van der Waals surface area contributed by atoms with Gasteiger partial charge in [0.05, 0.1) is 33.4 Å². The maximum Gasteiger partial charge on any atom is 0.417 e. The van der Waals surface area contributed by atoms with Crippen molar-refractivity contribution in [1.82, 2.24) is 9.97 Å². The Kier molecular flexibility index (Phi) is 5.66. The van der Waals surface area contributed by atoms with E-state index in [-0.39, 0.29) is 22.2 Å². The largest absolute Gasteiger partial charge is 0.417 e. The smallest absolute Gasteiger partial charge is 0.371 e. The zero-order chi connectivity index (χ0) is 23.0. The highest BCUT2D eigenvalue weighted by Gasteiger charge is 2.46. The van der Waals surface area contributed by atoms with Crippen molar-refractivity contribution >= 4 is 27.2 Å². The fourth-order valence-corrected chi connectivity index (χ4v) is 4.01. The van der Waals surface area contributed by atoms with Crippen LogP contribution in [-0.2, 0) is 21.4 Å². The van der Waals surface area contributed by atoms with Crippen LogP contribution in [0, 0.1) is 11.3 Å². The molecular formula is C19H18F3N5O3S. The van der Waals surface area contributed by atoms with Crippen molar-refractivity contribution < 1.29 is 26.4 Å². The highest BCUT2D eigenvalue weighted by molar-refractivity contribution is 7.91. The molecular weight excluding hydrogens is 435 g/mol. The van der Waals surface area contributed by atoms with Gasteiger partial charge in [-0.15, -0.1) is 0 Å². The fraction of sp³-hybridized carbons (Fsp3) is 0.368. The van der Waals surface area contributed by atoms with Crippen LogP contribution in [0.2, 0.25) is 0 Å². The van der Waals surface area contributed by atoms with Gasteiger partial charge < -0.3 is 10.6 Å². The number of aromatic nitrogens is 2. The summed E-state index contributed by atoms with van der Waals surface area (Å²) in [6.45, 7) is 1.39. The van der Waals surface area contributed by atoms with Gasteiger partial charge in [-0.1, -0.05) is 6.92 Å². The van der Waals surface area contributed by atoms with Crippen LogP contribution >= 0.6 is 0 Å². The van der Waals surface area contributed by atoms with Gasteiger partial charge in [-0.05, 0) is 30.5 Å². The third kappa shape index (κ3) is 4.32. The van der Waals surface area contributed by atoms with E-state index in [2.05, 4.69) is 26.7 Å². The molecule has 2 heterocycles. The van der Waals surface area contributed by atoms with E-state index < -0.39 is 38.6 Å². The predicted octanol–water partition coefficient (Wildman–Crippen LogP) is 3.14. The quantitative estimate of drug-likeness (QED) is 0.688. The average Bonchev–Trinajstić information content (AvgIpc) is 3.54. The number of nitrogens with zero attached hydrogens (tertiary/aromatic N) is 3. The standard InChI is InChI=1S/C19H18F3N5O3S/c1-3-31(29,30)14-7-11(18(10-23)4-5-18)8-25-15(14)17(28)27-13-6-12(19(20,21)22)9-26-16(13)24-2/h6-9H,3-5H2,1-2H3,(H,24,26)(H,27,28). The lowest BCUT2D eigenvalue weighted by Crippen LogP contribution is -2.21. The number of nitrogens with one attached hydrogen (secondary N) is 2. The summed E-state index contributed by atoms with van der Waals surface area (Å²) in [7, 11) is -2.52. The normalized spacial score (nSPS) is 15.1. The summed E-state index contributed by atoms with van der Waals surface area (Å²) in [6.07, 6.45) is -1.74. The van der Waals surface area contributed by atoms with Crippen LogP contribution < -0.4 is 10.6 Å². The number of amides is 1. The summed E-state index contributed by atoms with van der Waals surface area (Å²) >= 11 is 0. The Morgan fingerprint density at radius 3 is 2.45 bits per heavy atom. The Morgan fingerprint density at radius 1 is 1.26 bits per heavy atom. The van der Waals surface area contributed by atoms with Crippen LogP contribution in [0.3, 0.4) is 0 Å². The predicted molar refractivity (Wildman–Crippen MR) is 105 cm³/mol. The summed E-state index contributed by atoms with van der Waals surface area (Å²) in [6, 6.07) is 4.07. The molecule has 2 aromatic heterocycles. The number of rotatable bonds is 6.